The van der Waals surface area contributed by atoms with Gasteiger partial charge in [-0.2, -0.15) is 5.10 Å². The smallest absolute Gasteiger partial charge is 0.234 e. The van der Waals surface area contributed by atoms with Crippen LogP contribution < -0.4 is 5.32 Å². The number of amides is 1. The molecule has 0 saturated carbocycles. The highest BCUT2D eigenvalue weighted by Gasteiger charge is 2.24. The zero-order chi connectivity index (χ0) is 20.2. The number of carbonyl (C=O) groups excluding carboxylic acids is 1. The predicted molar refractivity (Wildman–Crippen MR) is 108 cm³/mol. The SMILES string of the molecule is Cn1ccnc1C(O)c1cc2n(n1)CCN(CC(=O)NCCc1ccccc1)C2. The fourth-order valence-electron chi connectivity index (χ4n) is 3.63. The zero-order valence-corrected chi connectivity index (χ0v) is 16.5. The number of aryl methyl sites for hydroxylation is 1. The van der Waals surface area contributed by atoms with Crippen LogP contribution in [0.5, 0.6) is 0 Å². The lowest BCUT2D eigenvalue weighted by Crippen LogP contribution is -2.41. The number of fused-ring (bicyclic) bond motifs is 1. The highest BCUT2D eigenvalue weighted by molar-refractivity contribution is 5.78. The standard InChI is InChI=1S/C21H26N6O2/c1-25-10-9-23-21(25)20(29)18-13-17-14-26(11-12-27(17)24-18)15-19(28)22-8-7-16-5-3-2-4-6-16/h2-6,9-10,13,20,29H,7-8,11-12,14-15H2,1H3,(H,22,28). The third-order valence-electron chi connectivity index (χ3n) is 5.22. The van der Waals surface area contributed by atoms with Gasteiger partial charge >= 0.3 is 0 Å². The van der Waals surface area contributed by atoms with Crippen LogP contribution in [0, 0.1) is 0 Å². The van der Waals surface area contributed by atoms with Crippen molar-refractivity contribution in [2.45, 2.75) is 25.6 Å². The van der Waals surface area contributed by atoms with Gasteiger partial charge in [-0.1, -0.05) is 30.3 Å². The number of imidazole rings is 1. The summed E-state index contributed by atoms with van der Waals surface area (Å²) in [6.07, 6.45) is 3.43. The molecule has 0 aliphatic carbocycles. The molecule has 1 amide bonds. The first-order valence-corrected chi connectivity index (χ1v) is 9.85. The molecule has 0 saturated heterocycles. The Morgan fingerprint density at radius 2 is 2.10 bits per heavy atom. The van der Waals surface area contributed by atoms with E-state index in [-0.39, 0.29) is 5.91 Å². The maximum Gasteiger partial charge on any atom is 0.234 e. The van der Waals surface area contributed by atoms with Gasteiger partial charge < -0.3 is 15.0 Å². The van der Waals surface area contributed by atoms with Gasteiger partial charge in [0.2, 0.25) is 5.91 Å². The fraction of sp³-hybridized carbons (Fsp3) is 0.381. The molecule has 4 rings (SSSR count). The van der Waals surface area contributed by atoms with Crippen molar-refractivity contribution in [3.05, 3.63) is 71.6 Å². The molecule has 0 bridgehead atoms. The molecule has 2 N–H and O–H groups in total. The summed E-state index contributed by atoms with van der Waals surface area (Å²) in [5, 5.41) is 18.1. The van der Waals surface area contributed by atoms with E-state index in [1.165, 1.54) is 5.56 Å². The van der Waals surface area contributed by atoms with Crippen LogP contribution in [0.15, 0.2) is 48.8 Å². The summed E-state index contributed by atoms with van der Waals surface area (Å²) < 4.78 is 3.69. The van der Waals surface area contributed by atoms with Crippen LogP contribution in [0.3, 0.4) is 0 Å². The monoisotopic (exact) mass is 394 g/mol. The first kappa shape index (κ1) is 19.4. The fourth-order valence-corrected chi connectivity index (χ4v) is 3.63. The largest absolute Gasteiger partial charge is 0.379 e. The molecule has 2 aromatic heterocycles. The van der Waals surface area contributed by atoms with Crippen LogP contribution in [0.2, 0.25) is 0 Å². The van der Waals surface area contributed by atoms with Crippen LogP contribution in [0.25, 0.3) is 0 Å². The minimum Gasteiger partial charge on any atom is -0.379 e. The lowest BCUT2D eigenvalue weighted by Gasteiger charge is -2.26. The molecule has 8 nitrogen and oxygen atoms in total. The zero-order valence-electron chi connectivity index (χ0n) is 16.5. The Bertz CT molecular complexity index is 965. The Morgan fingerprint density at radius 1 is 1.28 bits per heavy atom. The third-order valence-corrected chi connectivity index (χ3v) is 5.22. The average Bonchev–Trinajstić information content (AvgIpc) is 3.34. The molecule has 29 heavy (non-hydrogen) atoms. The molecule has 8 heteroatoms. The highest BCUT2D eigenvalue weighted by Crippen LogP contribution is 2.22. The lowest BCUT2D eigenvalue weighted by molar-refractivity contribution is -0.122. The van der Waals surface area contributed by atoms with Gasteiger partial charge in [0.15, 0.2) is 6.10 Å². The second kappa shape index (κ2) is 8.59. The molecule has 1 atom stereocenters. The average molecular weight is 394 g/mol. The van der Waals surface area contributed by atoms with Gasteiger partial charge in [-0.05, 0) is 18.1 Å². The van der Waals surface area contributed by atoms with Crippen molar-refractivity contribution in [1.82, 2.24) is 29.5 Å². The van der Waals surface area contributed by atoms with Crippen molar-refractivity contribution in [2.75, 3.05) is 19.6 Å². The number of benzene rings is 1. The van der Waals surface area contributed by atoms with Gasteiger partial charge in [0.05, 0.1) is 24.5 Å². The molecular weight excluding hydrogens is 368 g/mol. The number of hydrogen-bond donors (Lipinski definition) is 2. The second-order valence-corrected chi connectivity index (χ2v) is 7.38. The van der Waals surface area contributed by atoms with Crippen LogP contribution in [-0.2, 0) is 31.4 Å². The van der Waals surface area contributed by atoms with E-state index < -0.39 is 6.10 Å². The van der Waals surface area contributed by atoms with Crippen molar-refractivity contribution >= 4 is 5.91 Å². The maximum absolute atomic E-state index is 12.3. The van der Waals surface area contributed by atoms with Gasteiger partial charge in [0.1, 0.15) is 5.82 Å². The molecule has 0 radical (unpaired) electrons. The summed E-state index contributed by atoms with van der Waals surface area (Å²) in [6, 6.07) is 12.0. The summed E-state index contributed by atoms with van der Waals surface area (Å²) in [5.74, 6) is 0.595. The minimum absolute atomic E-state index is 0.0298. The Kier molecular flexibility index (Phi) is 5.73. The molecule has 1 unspecified atom stereocenters. The Labute approximate surface area is 169 Å². The number of aromatic nitrogens is 4. The summed E-state index contributed by atoms with van der Waals surface area (Å²) in [6.45, 7) is 3.07. The number of carbonyl (C=O) groups is 1. The molecule has 0 spiro atoms. The molecule has 3 aromatic rings. The van der Waals surface area contributed by atoms with Crippen molar-refractivity contribution in [3.8, 4) is 0 Å². The van der Waals surface area contributed by atoms with Gasteiger partial charge in [-0.15, -0.1) is 0 Å². The normalized spacial score (nSPS) is 15.1. The number of hydrogen-bond acceptors (Lipinski definition) is 5. The van der Waals surface area contributed by atoms with E-state index in [1.54, 1.807) is 17.0 Å². The van der Waals surface area contributed by atoms with Crippen LogP contribution in [-0.4, -0.2) is 54.9 Å². The van der Waals surface area contributed by atoms with Gasteiger partial charge in [-0.25, -0.2) is 4.98 Å². The van der Waals surface area contributed by atoms with E-state index in [9.17, 15) is 9.90 Å². The first-order chi connectivity index (χ1) is 14.1. The summed E-state index contributed by atoms with van der Waals surface area (Å²) in [5.41, 5.74) is 2.80. The number of aliphatic hydroxyl groups excluding tert-OH is 1. The number of aliphatic hydroxyl groups is 1. The molecule has 0 fully saturated rings. The van der Waals surface area contributed by atoms with Crippen molar-refractivity contribution < 1.29 is 9.90 Å². The van der Waals surface area contributed by atoms with Gasteiger partial charge in [0.25, 0.3) is 0 Å². The molecule has 152 valence electrons. The van der Waals surface area contributed by atoms with Gasteiger partial charge in [-0.3, -0.25) is 14.4 Å². The predicted octanol–water partition coefficient (Wildman–Crippen LogP) is 0.873. The van der Waals surface area contributed by atoms with Crippen LogP contribution >= 0.6 is 0 Å². The van der Waals surface area contributed by atoms with Crippen molar-refractivity contribution in [2.24, 2.45) is 7.05 Å². The minimum atomic E-state index is -0.858. The number of rotatable bonds is 7. The summed E-state index contributed by atoms with van der Waals surface area (Å²) in [4.78, 5) is 18.6. The number of nitrogens with zero attached hydrogens (tertiary/aromatic N) is 5. The van der Waals surface area contributed by atoms with Crippen LogP contribution in [0.4, 0.5) is 0 Å². The van der Waals surface area contributed by atoms with E-state index in [2.05, 4.69) is 32.4 Å². The molecular formula is C21H26N6O2. The van der Waals surface area contributed by atoms with Crippen molar-refractivity contribution in [1.29, 1.82) is 0 Å². The summed E-state index contributed by atoms with van der Waals surface area (Å²) >= 11 is 0. The van der Waals surface area contributed by atoms with E-state index in [0.29, 0.717) is 37.7 Å². The molecule has 1 aliphatic heterocycles. The maximum atomic E-state index is 12.3. The van der Waals surface area contributed by atoms with Crippen LogP contribution in [0.1, 0.15) is 28.9 Å². The summed E-state index contributed by atoms with van der Waals surface area (Å²) in [7, 11) is 1.85. The van der Waals surface area contributed by atoms with E-state index in [4.69, 9.17) is 0 Å². The Hall–Kier alpha value is -2.97. The van der Waals surface area contributed by atoms with Gasteiger partial charge in [0, 0.05) is 39.1 Å². The quantitative estimate of drug-likeness (QED) is 0.621. The molecule has 1 aromatic carbocycles. The van der Waals surface area contributed by atoms with Crippen molar-refractivity contribution in [3.63, 3.8) is 0 Å². The van der Waals surface area contributed by atoms with E-state index in [1.807, 2.05) is 36.0 Å². The number of nitrogens with one attached hydrogen (secondary N) is 1. The Morgan fingerprint density at radius 3 is 2.86 bits per heavy atom. The van der Waals surface area contributed by atoms with E-state index >= 15 is 0 Å². The lowest BCUT2D eigenvalue weighted by atomic mass is 10.1. The molecule has 1 aliphatic rings. The highest BCUT2D eigenvalue weighted by atomic mass is 16.3. The van der Waals surface area contributed by atoms with E-state index in [0.717, 1.165) is 18.7 Å². The first-order valence-electron chi connectivity index (χ1n) is 9.85. The molecule has 3 heterocycles. The topological polar surface area (TPSA) is 88.2 Å². The Balaban J connectivity index is 1.30. The second-order valence-electron chi connectivity index (χ2n) is 7.38. The third kappa shape index (κ3) is 4.55.